The number of benzene rings is 1. The van der Waals surface area contributed by atoms with Gasteiger partial charge in [-0.05, 0) is 68.0 Å². The van der Waals surface area contributed by atoms with Crippen molar-refractivity contribution in [2.45, 2.75) is 51.5 Å². The van der Waals surface area contributed by atoms with Gasteiger partial charge >= 0.3 is 0 Å². The fourth-order valence-corrected chi connectivity index (χ4v) is 4.28. The quantitative estimate of drug-likeness (QED) is 0.701. The zero-order valence-corrected chi connectivity index (χ0v) is 16.9. The Balaban J connectivity index is 1.86. The minimum absolute atomic E-state index is 0.112. The van der Waals surface area contributed by atoms with E-state index in [4.69, 9.17) is 4.74 Å². The monoisotopic (exact) mass is 369 g/mol. The molecule has 0 atom stereocenters. The number of aryl methyl sites for hydroxylation is 1. The van der Waals surface area contributed by atoms with Crippen LogP contribution in [0.5, 0.6) is 5.75 Å². The minimum Gasteiger partial charge on any atom is -0.493 e. The van der Waals surface area contributed by atoms with Crippen LogP contribution < -0.4 is 10.3 Å². The first kappa shape index (κ1) is 17.7. The largest absolute Gasteiger partial charge is 0.493 e. The van der Waals surface area contributed by atoms with Crippen LogP contribution in [-0.2, 0) is 13.0 Å². The van der Waals surface area contributed by atoms with Crippen molar-refractivity contribution < 1.29 is 4.74 Å². The molecule has 138 valence electrons. The van der Waals surface area contributed by atoms with Crippen LogP contribution in [0.3, 0.4) is 0 Å². The van der Waals surface area contributed by atoms with Crippen LogP contribution in [0.2, 0.25) is 0 Å². The summed E-state index contributed by atoms with van der Waals surface area (Å²) in [4.78, 5) is 13.9. The van der Waals surface area contributed by atoms with Gasteiger partial charge in [-0.25, -0.2) is 0 Å². The van der Waals surface area contributed by atoms with Crippen molar-refractivity contribution >= 4 is 11.8 Å². The van der Waals surface area contributed by atoms with Gasteiger partial charge in [0, 0.05) is 33.8 Å². The lowest BCUT2D eigenvalue weighted by Crippen LogP contribution is -2.24. The molecule has 0 unspecified atom stereocenters. The molecule has 0 N–H and O–H groups in total. The van der Waals surface area contributed by atoms with Crippen molar-refractivity contribution in [1.82, 2.24) is 4.57 Å². The lowest BCUT2D eigenvalue weighted by Gasteiger charge is -2.17. The van der Waals surface area contributed by atoms with Gasteiger partial charge in [0.2, 0.25) is 0 Å². The van der Waals surface area contributed by atoms with Gasteiger partial charge in [0.05, 0.1) is 6.61 Å². The first-order valence-corrected chi connectivity index (χ1v) is 10.6. The number of thioether (sulfide) groups is 1. The second kappa shape index (κ2) is 6.49. The molecule has 1 aromatic heterocycles. The maximum Gasteiger partial charge on any atom is 0.253 e. The molecule has 3 nitrogen and oxygen atoms in total. The molecule has 4 heteroatoms. The summed E-state index contributed by atoms with van der Waals surface area (Å²) in [7, 11) is 0. The van der Waals surface area contributed by atoms with Gasteiger partial charge in [0.25, 0.3) is 5.56 Å². The van der Waals surface area contributed by atoms with E-state index in [1.165, 1.54) is 17.7 Å². The van der Waals surface area contributed by atoms with E-state index in [2.05, 4.69) is 44.4 Å². The molecule has 1 aliphatic carbocycles. The van der Waals surface area contributed by atoms with Crippen LogP contribution in [-0.4, -0.2) is 17.4 Å². The SMILES string of the molecule is CSc1ccc(OCC2CC2)c(-c2cc(C)c(=O)n3c2CC(C)(C)C3)c1. The molecule has 2 heterocycles. The number of pyridine rings is 1. The molecule has 26 heavy (non-hydrogen) atoms. The van der Waals surface area contributed by atoms with Crippen molar-refractivity contribution in [1.29, 1.82) is 0 Å². The van der Waals surface area contributed by atoms with Crippen molar-refractivity contribution in [2.24, 2.45) is 11.3 Å². The van der Waals surface area contributed by atoms with Crippen molar-refractivity contribution in [3.63, 3.8) is 0 Å². The molecule has 0 bridgehead atoms. The third-order valence-electron chi connectivity index (χ3n) is 5.46. The number of hydrogen-bond acceptors (Lipinski definition) is 3. The van der Waals surface area contributed by atoms with Crippen molar-refractivity contribution in [3.8, 4) is 16.9 Å². The average Bonchev–Trinajstić information content (AvgIpc) is 3.38. The second-order valence-corrected chi connectivity index (χ2v) is 9.42. The molecule has 2 aliphatic rings. The van der Waals surface area contributed by atoms with E-state index in [0.29, 0.717) is 5.92 Å². The lowest BCUT2D eigenvalue weighted by atomic mass is 9.89. The lowest BCUT2D eigenvalue weighted by molar-refractivity contribution is 0.301. The summed E-state index contributed by atoms with van der Waals surface area (Å²) in [5.41, 5.74) is 4.51. The fourth-order valence-electron chi connectivity index (χ4n) is 3.84. The Morgan fingerprint density at radius 3 is 2.69 bits per heavy atom. The highest BCUT2D eigenvalue weighted by Gasteiger charge is 2.32. The van der Waals surface area contributed by atoms with Crippen LogP contribution in [0.1, 0.15) is 37.9 Å². The highest BCUT2D eigenvalue weighted by molar-refractivity contribution is 7.98. The maximum absolute atomic E-state index is 12.7. The zero-order valence-electron chi connectivity index (χ0n) is 16.1. The molecular weight excluding hydrogens is 342 g/mol. The number of nitrogens with zero attached hydrogens (tertiary/aromatic N) is 1. The number of ether oxygens (including phenoxy) is 1. The van der Waals surface area contributed by atoms with E-state index in [1.54, 1.807) is 11.8 Å². The van der Waals surface area contributed by atoms with E-state index in [-0.39, 0.29) is 11.0 Å². The van der Waals surface area contributed by atoms with E-state index >= 15 is 0 Å². The van der Waals surface area contributed by atoms with Gasteiger partial charge < -0.3 is 9.30 Å². The van der Waals surface area contributed by atoms with Crippen LogP contribution in [0.4, 0.5) is 0 Å². The molecule has 2 aromatic rings. The summed E-state index contributed by atoms with van der Waals surface area (Å²) in [5.74, 6) is 1.66. The average molecular weight is 370 g/mol. The second-order valence-electron chi connectivity index (χ2n) is 8.54. The highest BCUT2D eigenvalue weighted by atomic mass is 32.2. The first-order chi connectivity index (χ1) is 12.4. The Morgan fingerprint density at radius 1 is 1.23 bits per heavy atom. The van der Waals surface area contributed by atoms with Gasteiger partial charge in [0.1, 0.15) is 5.75 Å². The number of fused-ring (bicyclic) bond motifs is 1. The molecule has 0 radical (unpaired) electrons. The Kier molecular flexibility index (Phi) is 4.42. The zero-order chi connectivity index (χ0) is 18.5. The van der Waals surface area contributed by atoms with E-state index in [0.717, 1.165) is 47.7 Å². The van der Waals surface area contributed by atoms with Crippen LogP contribution >= 0.6 is 11.8 Å². The Labute approximate surface area is 159 Å². The number of rotatable bonds is 5. The van der Waals surface area contributed by atoms with Gasteiger partial charge in [-0.1, -0.05) is 13.8 Å². The van der Waals surface area contributed by atoms with Crippen LogP contribution in [0.25, 0.3) is 11.1 Å². The summed E-state index contributed by atoms with van der Waals surface area (Å²) in [6, 6.07) is 8.51. The van der Waals surface area contributed by atoms with Crippen molar-refractivity contribution in [3.05, 3.63) is 45.9 Å². The van der Waals surface area contributed by atoms with E-state index in [9.17, 15) is 4.79 Å². The van der Waals surface area contributed by atoms with Gasteiger partial charge in [-0.2, -0.15) is 0 Å². The smallest absolute Gasteiger partial charge is 0.253 e. The molecule has 1 fully saturated rings. The molecule has 1 saturated carbocycles. The summed E-state index contributed by atoms with van der Waals surface area (Å²) in [6.07, 6.45) is 5.57. The first-order valence-electron chi connectivity index (χ1n) is 9.42. The summed E-state index contributed by atoms with van der Waals surface area (Å²) < 4.78 is 8.19. The van der Waals surface area contributed by atoms with E-state index in [1.807, 2.05) is 11.5 Å². The molecule has 1 aliphatic heterocycles. The third kappa shape index (κ3) is 3.32. The minimum atomic E-state index is 0.112. The summed E-state index contributed by atoms with van der Waals surface area (Å²) >= 11 is 1.74. The fraction of sp³-hybridized carbons (Fsp3) is 0.500. The normalized spacial score (nSPS) is 18.0. The van der Waals surface area contributed by atoms with Gasteiger partial charge in [-0.3, -0.25) is 4.79 Å². The Hall–Kier alpha value is -1.68. The molecule has 0 amide bonds. The molecule has 4 rings (SSSR count). The molecular formula is C22H27NO2S. The topological polar surface area (TPSA) is 31.2 Å². The number of hydrogen-bond donors (Lipinski definition) is 0. The molecule has 1 aromatic carbocycles. The van der Waals surface area contributed by atoms with Gasteiger partial charge in [-0.15, -0.1) is 11.8 Å². The predicted octanol–water partition coefficient (Wildman–Crippen LogP) is 4.92. The maximum atomic E-state index is 12.7. The summed E-state index contributed by atoms with van der Waals surface area (Å²) in [5, 5.41) is 0. The molecule has 0 spiro atoms. The summed E-state index contributed by atoms with van der Waals surface area (Å²) in [6.45, 7) is 7.98. The third-order valence-corrected chi connectivity index (χ3v) is 6.19. The Bertz CT molecular complexity index is 909. The van der Waals surface area contributed by atoms with Gasteiger partial charge in [0.15, 0.2) is 0 Å². The van der Waals surface area contributed by atoms with Crippen LogP contribution in [0, 0.1) is 18.3 Å². The predicted molar refractivity (Wildman–Crippen MR) is 108 cm³/mol. The number of aromatic nitrogens is 1. The van der Waals surface area contributed by atoms with Crippen LogP contribution in [0.15, 0.2) is 34.0 Å². The highest BCUT2D eigenvalue weighted by Crippen LogP contribution is 2.41. The van der Waals surface area contributed by atoms with E-state index < -0.39 is 0 Å². The molecule has 0 saturated heterocycles. The Morgan fingerprint density at radius 2 is 2.00 bits per heavy atom. The van der Waals surface area contributed by atoms with Crippen molar-refractivity contribution in [2.75, 3.05) is 12.9 Å². The standard InChI is InChI=1S/C22H27NO2S/c1-14-9-17(19-11-22(2,3)13-23(19)21(14)24)18-10-16(26-4)7-8-20(18)25-12-15-5-6-15/h7-10,15H,5-6,11-13H2,1-4H3.